The van der Waals surface area contributed by atoms with E-state index < -0.39 is 0 Å². The first-order chi connectivity index (χ1) is 15.4. The van der Waals surface area contributed by atoms with Crippen LogP contribution in [0.25, 0.3) is 0 Å². The fraction of sp³-hybridized carbons (Fsp3) is 0.286. The van der Waals surface area contributed by atoms with E-state index in [1.165, 1.54) is 11.1 Å². The molecular weight excluding hydrogens is 396 g/mol. The molecule has 0 heterocycles. The third kappa shape index (κ3) is 5.85. The van der Waals surface area contributed by atoms with Crippen LogP contribution in [0.15, 0.2) is 58.5 Å². The number of phenolic OH excluding ortho intramolecular Hbond substituents is 2. The van der Waals surface area contributed by atoms with E-state index in [9.17, 15) is 10.2 Å². The Morgan fingerprint density at radius 3 is 1.53 bits per heavy atom. The van der Waals surface area contributed by atoms with Gasteiger partial charge in [-0.2, -0.15) is 0 Å². The van der Waals surface area contributed by atoms with E-state index in [-0.39, 0.29) is 11.5 Å². The van der Waals surface area contributed by atoms with Crippen molar-refractivity contribution in [2.75, 3.05) is 0 Å². The lowest BCUT2D eigenvalue weighted by molar-refractivity contribution is 0.469. The molecule has 0 aliphatic carbocycles. The fourth-order valence-corrected chi connectivity index (χ4v) is 3.77. The zero-order valence-corrected chi connectivity index (χ0v) is 19.4. The third-order valence-electron chi connectivity index (χ3n) is 5.39. The molecule has 4 nitrogen and oxygen atoms in total. The summed E-state index contributed by atoms with van der Waals surface area (Å²) in [6.45, 7) is 8.10. The highest BCUT2D eigenvalue weighted by atomic mass is 16.3. The molecule has 32 heavy (non-hydrogen) atoms. The molecule has 0 aromatic heterocycles. The number of nitrogens with zero attached hydrogens (tertiary/aromatic N) is 2. The van der Waals surface area contributed by atoms with Gasteiger partial charge in [0.15, 0.2) is 0 Å². The predicted molar refractivity (Wildman–Crippen MR) is 135 cm³/mol. The van der Waals surface area contributed by atoms with Gasteiger partial charge in [0.2, 0.25) is 0 Å². The van der Waals surface area contributed by atoms with Crippen LogP contribution in [-0.2, 0) is 12.8 Å². The monoisotopic (exact) mass is 428 g/mol. The minimum atomic E-state index is 0.264. The Morgan fingerprint density at radius 1 is 0.688 bits per heavy atom. The van der Waals surface area contributed by atoms with E-state index in [1.807, 2.05) is 62.4 Å². The average molecular weight is 429 g/mol. The summed E-state index contributed by atoms with van der Waals surface area (Å²) in [7, 11) is 0. The van der Waals surface area contributed by atoms with Crippen LogP contribution in [-0.4, -0.2) is 22.6 Å². The van der Waals surface area contributed by atoms with Crippen LogP contribution in [0.5, 0.6) is 11.5 Å². The SMILES string of the molecule is CCCc1cc(C)c(O)c(C=Nc2cccc(N=Cc3cc(CCC)cc(C)c3O)c2)c1. The summed E-state index contributed by atoms with van der Waals surface area (Å²) in [5.74, 6) is 0.529. The van der Waals surface area contributed by atoms with Crippen molar-refractivity contribution < 1.29 is 10.2 Å². The maximum absolute atomic E-state index is 10.4. The third-order valence-corrected chi connectivity index (χ3v) is 5.39. The first kappa shape index (κ1) is 23.3. The molecule has 0 fully saturated rings. The quantitative estimate of drug-likeness (QED) is 0.375. The molecule has 4 heteroatoms. The van der Waals surface area contributed by atoms with Crippen molar-refractivity contribution in [2.24, 2.45) is 9.98 Å². The molecule has 0 spiro atoms. The maximum Gasteiger partial charge on any atom is 0.127 e. The van der Waals surface area contributed by atoms with Crippen molar-refractivity contribution in [3.8, 4) is 11.5 Å². The zero-order valence-electron chi connectivity index (χ0n) is 19.4. The number of aryl methyl sites for hydroxylation is 4. The van der Waals surface area contributed by atoms with Crippen LogP contribution in [0.2, 0.25) is 0 Å². The van der Waals surface area contributed by atoms with Crippen LogP contribution in [0, 0.1) is 13.8 Å². The summed E-state index contributed by atoms with van der Waals surface area (Å²) < 4.78 is 0. The second kappa shape index (κ2) is 10.8. The van der Waals surface area contributed by atoms with E-state index in [1.54, 1.807) is 12.4 Å². The van der Waals surface area contributed by atoms with Crippen molar-refractivity contribution in [1.82, 2.24) is 0 Å². The molecule has 0 unspecified atom stereocenters. The fourth-order valence-electron chi connectivity index (χ4n) is 3.77. The second-order valence-corrected chi connectivity index (χ2v) is 8.24. The minimum Gasteiger partial charge on any atom is -0.507 e. The zero-order chi connectivity index (χ0) is 23.1. The number of aliphatic imine (C=N–C) groups is 2. The van der Waals surface area contributed by atoms with Crippen LogP contribution in [0.1, 0.15) is 60.1 Å². The molecule has 0 saturated carbocycles. The highest BCUT2D eigenvalue weighted by Gasteiger charge is 2.07. The van der Waals surface area contributed by atoms with Crippen LogP contribution >= 0.6 is 0 Å². The molecule has 2 N–H and O–H groups in total. The average Bonchev–Trinajstić information content (AvgIpc) is 2.77. The molecular formula is C28H32N2O2. The topological polar surface area (TPSA) is 65.2 Å². The second-order valence-electron chi connectivity index (χ2n) is 8.24. The molecule has 3 aromatic carbocycles. The van der Waals surface area contributed by atoms with Gasteiger partial charge in [-0.1, -0.05) is 44.9 Å². The van der Waals surface area contributed by atoms with Gasteiger partial charge in [0.05, 0.1) is 11.4 Å². The summed E-state index contributed by atoms with van der Waals surface area (Å²) in [5, 5.41) is 20.8. The van der Waals surface area contributed by atoms with Crippen molar-refractivity contribution in [3.63, 3.8) is 0 Å². The lowest BCUT2D eigenvalue weighted by Crippen LogP contribution is -1.92. The molecule has 166 valence electrons. The van der Waals surface area contributed by atoms with Crippen molar-refractivity contribution in [3.05, 3.63) is 81.9 Å². The summed E-state index contributed by atoms with van der Waals surface area (Å²) in [6, 6.07) is 15.6. The van der Waals surface area contributed by atoms with E-state index in [0.717, 1.165) is 59.3 Å². The van der Waals surface area contributed by atoms with Crippen molar-refractivity contribution in [1.29, 1.82) is 0 Å². The Morgan fingerprint density at radius 2 is 1.12 bits per heavy atom. The van der Waals surface area contributed by atoms with E-state index >= 15 is 0 Å². The number of aromatic hydroxyl groups is 2. The van der Waals surface area contributed by atoms with Crippen molar-refractivity contribution in [2.45, 2.75) is 53.4 Å². The molecule has 0 bridgehead atoms. The van der Waals surface area contributed by atoms with Gasteiger partial charge in [-0.3, -0.25) is 9.98 Å². The molecule has 0 saturated heterocycles. The Bertz CT molecular complexity index is 1060. The van der Waals surface area contributed by atoms with Gasteiger partial charge in [0.1, 0.15) is 11.5 Å². The van der Waals surface area contributed by atoms with Gasteiger partial charge in [-0.05, 0) is 79.3 Å². The highest BCUT2D eigenvalue weighted by molar-refractivity contribution is 5.88. The lowest BCUT2D eigenvalue weighted by atomic mass is 10.0. The normalized spacial score (nSPS) is 11.6. The maximum atomic E-state index is 10.4. The van der Waals surface area contributed by atoms with E-state index in [4.69, 9.17) is 0 Å². The molecule has 3 rings (SSSR count). The number of hydrogen-bond acceptors (Lipinski definition) is 4. The molecule has 0 atom stereocenters. The minimum absolute atomic E-state index is 0.264. The Hall–Kier alpha value is -3.40. The van der Waals surface area contributed by atoms with E-state index in [0.29, 0.717) is 0 Å². The van der Waals surface area contributed by atoms with Crippen molar-refractivity contribution >= 4 is 23.8 Å². The summed E-state index contributed by atoms with van der Waals surface area (Å²) >= 11 is 0. The van der Waals surface area contributed by atoms with Gasteiger partial charge in [-0.25, -0.2) is 0 Å². The van der Waals surface area contributed by atoms with E-state index in [2.05, 4.69) is 23.8 Å². The molecule has 0 radical (unpaired) electrons. The summed E-state index contributed by atoms with van der Waals surface area (Å²) in [4.78, 5) is 9.11. The Labute approximate surface area is 191 Å². The van der Waals surface area contributed by atoms with Gasteiger partial charge in [-0.15, -0.1) is 0 Å². The van der Waals surface area contributed by atoms with Gasteiger partial charge < -0.3 is 10.2 Å². The summed E-state index contributed by atoms with van der Waals surface area (Å²) in [6.07, 6.45) is 7.45. The number of phenols is 2. The first-order valence-corrected chi connectivity index (χ1v) is 11.2. The van der Waals surface area contributed by atoms with Gasteiger partial charge >= 0.3 is 0 Å². The summed E-state index contributed by atoms with van der Waals surface area (Å²) in [5.41, 5.74) is 7.04. The largest absolute Gasteiger partial charge is 0.507 e. The standard InChI is InChI=1S/C28H32N2O2/c1-5-8-21-12-19(3)27(31)23(14-21)17-29-25-10-7-11-26(16-25)30-18-24-15-22(9-6-2)13-20(4)28(24)32/h7,10-18,31-32H,5-6,8-9H2,1-4H3. The molecule has 0 amide bonds. The lowest BCUT2D eigenvalue weighted by Gasteiger charge is -2.07. The Kier molecular flexibility index (Phi) is 7.82. The smallest absolute Gasteiger partial charge is 0.127 e. The predicted octanol–water partition coefficient (Wildman–Crippen LogP) is 7.12. The number of rotatable bonds is 8. The Balaban J connectivity index is 1.84. The first-order valence-electron chi connectivity index (χ1n) is 11.2. The van der Waals surface area contributed by atoms with Crippen LogP contribution in [0.4, 0.5) is 11.4 Å². The van der Waals surface area contributed by atoms with Crippen LogP contribution in [0.3, 0.4) is 0 Å². The highest BCUT2D eigenvalue weighted by Crippen LogP contribution is 2.27. The van der Waals surface area contributed by atoms with Crippen LogP contribution < -0.4 is 0 Å². The number of benzene rings is 3. The van der Waals surface area contributed by atoms with Gasteiger partial charge in [0, 0.05) is 23.6 Å². The molecule has 0 aliphatic heterocycles. The molecule has 0 aliphatic rings. The molecule has 3 aromatic rings. The number of hydrogen-bond donors (Lipinski definition) is 2. The van der Waals surface area contributed by atoms with Gasteiger partial charge in [0.25, 0.3) is 0 Å².